The lowest BCUT2D eigenvalue weighted by molar-refractivity contribution is -1.27. The number of hydrogen-bond donors (Lipinski definition) is 2. The summed E-state index contributed by atoms with van der Waals surface area (Å²) >= 11 is 0. The normalized spacial score (nSPS) is 30.7. The molecule has 1 aliphatic rings. The van der Waals surface area contributed by atoms with E-state index in [0.29, 0.717) is 6.54 Å². The van der Waals surface area contributed by atoms with Crippen molar-refractivity contribution in [3.63, 3.8) is 0 Å². The first-order valence-corrected chi connectivity index (χ1v) is 3.29. The average molecular weight is 132 g/mol. The molecule has 1 fully saturated rings. The second-order valence-corrected chi connectivity index (χ2v) is 3.37. The van der Waals surface area contributed by atoms with Gasteiger partial charge in [-0.3, -0.25) is 0 Å². The van der Waals surface area contributed by atoms with Gasteiger partial charge in [-0.25, -0.2) is 0 Å². The molecule has 0 aliphatic carbocycles. The topological polar surface area (TPSA) is 40.5 Å². The second-order valence-electron chi connectivity index (χ2n) is 3.37. The molecule has 1 rings (SSSR count). The van der Waals surface area contributed by atoms with E-state index in [1.54, 1.807) is 0 Å². The Morgan fingerprint density at radius 3 is 2.00 bits per heavy atom. The highest BCUT2D eigenvalue weighted by Crippen LogP contribution is 2.31. The van der Waals surface area contributed by atoms with Crippen LogP contribution in [0.25, 0.3) is 0 Å². The van der Waals surface area contributed by atoms with Crippen LogP contribution < -0.4 is 0 Å². The molecule has 0 bridgehead atoms. The zero-order valence-corrected chi connectivity index (χ0v) is 5.96. The zero-order chi connectivity index (χ0) is 7.12. The van der Waals surface area contributed by atoms with Crippen LogP contribution in [-0.4, -0.2) is 27.3 Å². The number of hydroxylamine groups is 4. The van der Waals surface area contributed by atoms with E-state index in [4.69, 9.17) is 0 Å². The van der Waals surface area contributed by atoms with Gasteiger partial charge in [0.05, 0.1) is 0 Å². The summed E-state index contributed by atoms with van der Waals surface area (Å²) < 4.78 is 0. The van der Waals surface area contributed by atoms with Crippen LogP contribution in [0.4, 0.5) is 0 Å². The van der Waals surface area contributed by atoms with Crippen LogP contribution >= 0.6 is 0 Å². The third-order valence-electron chi connectivity index (χ3n) is 2.23. The molecule has 1 aliphatic heterocycles. The quantitative estimate of drug-likeness (QED) is 0.485. The molecule has 0 aromatic heterocycles. The van der Waals surface area contributed by atoms with Crippen molar-refractivity contribution in [2.24, 2.45) is 0 Å². The van der Waals surface area contributed by atoms with Gasteiger partial charge >= 0.3 is 0 Å². The van der Waals surface area contributed by atoms with Crippen LogP contribution in [0.1, 0.15) is 26.7 Å². The summed E-state index contributed by atoms with van der Waals surface area (Å²) in [4.78, 5) is -0.799. The molecule has 0 radical (unpaired) electrons. The number of nitrogens with zero attached hydrogens (tertiary/aromatic N) is 1. The Labute approximate surface area is 55.0 Å². The van der Waals surface area contributed by atoms with Gasteiger partial charge in [0.25, 0.3) is 0 Å². The molecule has 1 saturated heterocycles. The molecular formula is C6H14NO2+. The standard InChI is InChI=1S/C6H14NO2/c1-6(2)4-3-5-7(6,8)9/h8-9H,3-5H2,1-2H3/q+1. The molecule has 0 spiro atoms. The predicted molar refractivity (Wildman–Crippen MR) is 32.0 cm³/mol. The first kappa shape index (κ1) is 6.99. The molecular weight excluding hydrogens is 118 g/mol. The van der Waals surface area contributed by atoms with Crippen LogP contribution in [0.2, 0.25) is 0 Å². The van der Waals surface area contributed by atoms with E-state index in [-0.39, 0.29) is 5.54 Å². The SMILES string of the molecule is CC1(C)CCC[N+]1(O)O. The van der Waals surface area contributed by atoms with Gasteiger partial charge in [-0.05, 0) is 18.7 Å². The highest BCUT2D eigenvalue weighted by molar-refractivity contribution is 4.71. The van der Waals surface area contributed by atoms with Crippen LogP contribution in [0, 0.1) is 0 Å². The number of quaternary nitrogens is 1. The molecule has 0 aromatic rings. The molecule has 3 heteroatoms. The minimum Gasteiger partial charge on any atom is -0.182 e. The van der Waals surface area contributed by atoms with Crippen molar-refractivity contribution in [2.75, 3.05) is 6.54 Å². The first-order chi connectivity index (χ1) is 3.96. The molecule has 0 unspecified atom stereocenters. The Kier molecular flexibility index (Phi) is 1.31. The van der Waals surface area contributed by atoms with Gasteiger partial charge in [0.2, 0.25) is 0 Å². The molecule has 2 N–H and O–H groups in total. The first-order valence-electron chi connectivity index (χ1n) is 3.29. The molecule has 0 aromatic carbocycles. The Morgan fingerprint density at radius 2 is 1.89 bits per heavy atom. The van der Waals surface area contributed by atoms with Crippen LogP contribution in [-0.2, 0) is 0 Å². The summed E-state index contributed by atoms with van der Waals surface area (Å²) in [5.74, 6) is 0. The number of hydrogen-bond acceptors (Lipinski definition) is 2. The summed E-state index contributed by atoms with van der Waals surface area (Å²) in [6.45, 7) is 4.19. The van der Waals surface area contributed by atoms with Gasteiger partial charge in [-0.1, -0.05) is 0 Å². The largest absolute Gasteiger partial charge is 0.182 e. The fraction of sp³-hybridized carbons (Fsp3) is 1.00. The highest BCUT2D eigenvalue weighted by atomic mass is 16.8. The van der Waals surface area contributed by atoms with E-state index in [1.807, 2.05) is 13.8 Å². The van der Waals surface area contributed by atoms with Gasteiger partial charge in [0.1, 0.15) is 6.54 Å². The van der Waals surface area contributed by atoms with Crippen LogP contribution in [0.15, 0.2) is 0 Å². The number of rotatable bonds is 0. The van der Waals surface area contributed by atoms with E-state index >= 15 is 0 Å². The molecule has 3 nitrogen and oxygen atoms in total. The minimum absolute atomic E-state index is 0.361. The van der Waals surface area contributed by atoms with Crippen molar-refractivity contribution in [1.29, 1.82) is 0 Å². The van der Waals surface area contributed by atoms with E-state index in [9.17, 15) is 10.4 Å². The monoisotopic (exact) mass is 132 g/mol. The predicted octanol–water partition coefficient (Wildman–Crippen LogP) is 1.15. The van der Waals surface area contributed by atoms with Crippen LogP contribution in [0.3, 0.4) is 0 Å². The summed E-state index contributed by atoms with van der Waals surface area (Å²) in [5, 5.41) is 18.4. The van der Waals surface area contributed by atoms with Gasteiger partial charge in [0.15, 0.2) is 5.54 Å². The summed E-state index contributed by atoms with van der Waals surface area (Å²) in [5.41, 5.74) is -0.361. The lowest BCUT2D eigenvalue weighted by Crippen LogP contribution is -2.52. The van der Waals surface area contributed by atoms with Crippen molar-refractivity contribution in [2.45, 2.75) is 32.2 Å². The summed E-state index contributed by atoms with van der Waals surface area (Å²) in [6, 6.07) is 0. The van der Waals surface area contributed by atoms with Gasteiger partial charge in [-0.15, -0.1) is 0 Å². The molecule has 0 atom stereocenters. The maximum Gasteiger partial charge on any atom is 0.156 e. The third kappa shape index (κ3) is 0.956. The lowest BCUT2D eigenvalue weighted by Gasteiger charge is -2.29. The lowest BCUT2D eigenvalue weighted by atomic mass is 10.0. The van der Waals surface area contributed by atoms with Gasteiger partial charge in [0, 0.05) is 12.8 Å². The van der Waals surface area contributed by atoms with Crippen molar-refractivity contribution < 1.29 is 15.2 Å². The molecule has 9 heavy (non-hydrogen) atoms. The maximum absolute atomic E-state index is 9.22. The zero-order valence-electron chi connectivity index (χ0n) is 5.96. The van der Waals surface area contributed by atoms with Crippen molar-refractivity contribution in [1.82, 2.24) is 0 Å². The van der Waals surface area contributed by atoms with E-state index < -0.39 is 4.81 Å². The minimum atomic E-state index is -0.799. The highest BCUT2D eigenvalue weighted by Gasteiger charge is 2.48. The van der Waals surface area contributed by atoms with Gasteiger partial charge < -0.3 is 0 Å². The fourth-order valence-corrected chi connectivity index (χ4v) is 1.21. The molecule has 0 saturated carbocycles. The molecule has 0 amide bonds. The van der Waals surface area contributed by atoms with Gasteiger partial charge in [-0.2, -0.15) is 10.4 Å². The van der Waals surface area contributed by atoms with Crippen molar-refractivity contribution >= 4 is 0 Å². The summed E-state index contributed by atoms with van der Waals surface area (Å²) in [6.07, 6.45) is 1.79. The Morgan fingerprint density at radius 1 is 1.33 bits per heavy atom. The third-order valence-corrected chi connectivity index (χ3v) is 2.23. The fourth-order valence-electron chi connectivity index (χ4n) is 1.21. The Hall–Kier alpha value is -0.120. The average Bonchev–Trinajstić information content (AvgIpc) is 1.81. The maximum atomic E-state index is 9.22. The second kappa shape index (κ2) is 1.68. The Bertz CT molecular complexity index is 106. The molecule has 1 heterocycles. The van der Waals surface area contributed by atoms with Crippen LogP contribution in [0.5, 0.6) is 0 Å². The van der Waals surface area contributed by atoms with Crippen molar-refractivity contribution in [3.05, 3.63) is 0 Å². The van der Waals surface area contributed by atoms with E-state index in [2.05, 4.69) is 0 Å². The van der Waals surface area contributed by atoms with Crippen molar-refractivity contribution in [3.8, 4) is 0 Å². The Balaban J connectivity index is 2.75. The van der Waals surface area contributed by atoms with E-state index in [1.165, 1.54) is 0 Å². The summed E-state index contributed by atoms with van der Waals surface area (Å²) in [7, 11) is 0. The van der Waals surface area contributed by atoms with E-state index in [0.717, 1.165) is 12.8 Å². The molecule has 54 valence electrons. The smallest absolute Gasteiger partial charge is 0.156 e.